The Hall–Kier alpha value is -1.09. The van der Waals surface area contributed by atoms with Crippen LogP contribution in [0.25, 0.3) is 0 Å². The maximum absolute atomic E-state index is 13.0. The lowest BCUT2D eigenvalue weighted by atomic mass is 10.1. The summed E-state index contributed by atoms with van der Waals surface area (Å²) >= 11 is 0. The second-order valence-electron chi connectivity index (χ2n) is 2.49. The third kappa shape index (κ3) is 1.74. The van der Waals surface area contributed by atoms with E-state index in [2.05, 4.69) is 10.3 Å². The summed E-state index contributed by atoms with van der Waals surface area (Å²) in [5.41, 5.74) is 3.89. The van der Waals surface area contributed by atoms with Crippen molar-refractivity contribution in [2.75, 3.05) is 12.6 Å². The van der Waals surface area contributed by atoms with E-state index < -0.39 is 0 Å². The highest BCUT2D eigenvalue weighted by Crippen LogP contribution is 2.18. The summed E-state index contributed by atoms with van der Waals surface area (Å²) in [5.74, 6) is -0.372. The van der Waals surface area contributed by atoms with Crippen molar-refractivity contribution in [3.05, 3.63) is 36.0 Å². The topological polar surface area (TPSA) is 21.3 Å². The predicted molar refractivity (Wildman–Crippen MR) is 45.2 cm³/mol. The molecule has 0 saturated heterocycles. The molecule has 0 spiro atoms. The van der Waals surface area contributed by atoms with Crippen LogP contribution < -0.4 is 5.48 Å². The van der Waals surface area contributed by atoms with Crippen LogP contribution in [0.3, 0.4) is 0 Å². The number of nitrogens with one attached hydrogen (secondary N) is 1. The molecule has 0 aliphatic heterocycles. The van der Waals surface area contributed by atoms with Crippen LogP contribution in [-0.4, -0.2) is 7.11 Å². The fourth-order valence-corrected chi connectivity index (χ4v) is 0.878. The zero-order valence-corrected chi connectivity index (χ0v) is 7.02. The molecular weight excluding hydrogens is 157 g/mol. The molecule has 1 N–H and O–H groups in total. The molecule has 0 amide bonds. The summed E-state index contributed by atoms with van der Waals surface area (Å²) in [6, 6.07) is 2.85. The lowest BCUT2D eigenvalue weighted by Gasteiger charge is -2.07. The Morgan fingerprint density at radius 1 is 1.50 bits per heavy atom. The maximum Gasteiger partial charge on any atom is 0.148 e. The summed E-state index contributed by atoms with van der Waals surface area (Å²) in [5, 5.41) is 0. The van der Waals surface area contributed by atoms with Gasteiger partial charge in [0.05, 0.1) is 12.8 Å². The van der Waals surface area contributed by atoms with E-state index in [-0.39, 0.29) is 11.5 Å². The van der Waals surface area contributed by atoms with Gasteiger partial charge in [-0.3, -0.25) is 10.3 Å². The number of rotatable bonds is 2. The molecule has 0 unspecified atom stereocenters. The van der Waals surface area contributed by atoms with Gasteiger partial charge >= 0.3 is 0 Å². The Morgan fingerprint density at radius 2 is 2.17 bits per heavy atom. The molecule has 0 atom stereocenters. The van der Waals surface area contributed by atoms with E-state index in [4.69, 9.17) is 6.92 Å². The van der Waals surface area contributed by atoms with Crippen LogP contribution in [0.4, 0.5) is 10.1 Å². The van der Waals surface area contributed by atoms with E-state index in [1.54, 1.807) is 6.92 Å². The SMILES string of the molecule is [CH]c1cc(NOC)c(F)cc1C. The highest BCUT2D eigenvalue weighted by atomic mass is 19.1. The summed E-state index contributed by atoms with van der Waals surface area (Å²) < 4.78 is 13.0. The van der Waals surface area contributed by atoms with Gasteiger partial charge in [-0.15, -0.1) is 0 Å². The van der Waals surface area contributed by atoms with Gasteiger partial charge in [-0.2, -0.15) is 0 Å². The van der Waals surface area contributed by atoms with Gasteiger partial charge in [0.25, 0.3) is 0 Å². The lowest BCUT2D eigenvalue weighted by molar-refractivity contribution is 0.268. The zero-order valence-electron chi connectivity index (χ0n) is 7.02. The quantitative estimate of drug-likeness (QED) is 0.681. The van der Waals surface area contributed by atoms with Crippen LogP contribution in [0.2, 0.25) is 0 Å². The van der Waals surface area contributed by atoms with Crippen LogP contribution in [0.1, 0.15) is 11.1 Å². The second kappa shape index (κ2) is 3.54. The molecule has 12 heavy (non-hydrogen) atoms. The van der Waals surface area contributed by atoms with Crippen molar-refractivity contribution in [2.45, 2.75) is 6.92 Å². The number of hydrogen-bond acceptors (Lipinski definition) is 2. The summed E-state index contributed by atoms with van der Waals surface area (Å²) in [4.78, 5) is 4.56. The first-order valence-corrected chi connectivity index (χ1v) is 3.49. The van der Waals surface area contributed by atoms with E-state index in [1.165, 1.54) is 19.2 Å². The molecule has 0 heterocycles. The van der Waals surface area contributed by atoms with Gasteiger partial charge in [-0.1, -0.05) is 0 Å². The Bertz CT molecular complexity index is 286. The van der Waals surface area contributed by atoms with Crippen molar-refractivity contribution in [3.8, 4) is 0 Å². The molecule has 1 aromatic rings. The zero-order chi connectivity index (χ0) is 9.14. The number of hydrogen-bond donors (Lipinski definition) is 1. The molecule has 0 bridgehead atoms. The molecule has 0 aliphatic carbocycles. The monoisotopic (exact) mass is 167 g/mol. The molecule has 0 fully saturated rings. The van der Waals surface area contributed by atoms with Crippen molar-refractivity contribution in [3.63, 3.8) is 0 Å². The molecule has 0 aliphatic rings. The van der Waals surface area contributed by atoms with E-state index in [0.717, 1.165) is 0 Å². The standard InChI is InChI=1S/C9H10FNO/c1-6-4-8(10)9(11-12-3)5-7(6)2/h2,4-5,11H,1,3H3. The Balaban J connectivity index is 3.05. The van der Waals surface area contributed by atoms with Gasteiger partial charge < -0.3 is 0 Å². The lowest BCUT2D eigenvalue weighted by Crippen LogP contribution is -1.99. The van der Waals surface area contributed by atoms with Crippen molar-refractivity contribution >= 4 is 5.69 Å². The van der Waals surface area contributed by atoms with E-state index in [1.807, 2.05) is 0 Å². The highest BCUT2D eigenvalue weighted by molar-refractivity contribution is 5.49. The normalized spacial score (nSPS) is 10.0. The van der Waals surface area contributed by atoms with Gasteiger partial charge in [0, 0.05) is 0 Å². The highest BCUT2D eigenvalue weighted by Gasteiger charge is 2.03. The molecule has 1 aromatic carbocycles. The van der Waals surface area contributed by atoms with Crippen LogP contribution in [-0.2, 0) is 4.84 Å². The maximum atomic E-state index is 13.0. The Labute approximate surface area is 71.3 Å². The van der Waals surface area contributed by atoms with Gasteiger partial charge in [0.15, 0.2) is 0 Å². The Morgan fingerprint density at radius 3 is 2.75 bits per heavy atom. The fourth-order valence-electron chi connectivity index (χ4n) is 0.878. The average molecular weight is 167 g/mol. The van der Waals surface area contributed by atoms with Crippen LogP contribution in [0, 0.1) is 19.7 Å². The van der Waals surface area contributed by atoms with Crippen molar-refractivity contribution in [1.29, 1.82) is 0 Å². The van der Waals surface area contributed by atoms with Crippen LogP contribution in [0.15, 0.2) is 12.1 Å². The van der Waals surface area contributed by atoms with E-state index in [9.17, 15) is 4.39 Å². The van der Waals surface area contributed by atoms with E-state index >= 15 is 0 Å². The van der Waals surface area contributed by atoms with Crippen molar-refractivity contribution in [1.82, 2.24) is 0 Å². The average Bonchev–Trinajstić information content (AvgIpc) is 2.01. The molecule has 2 nitrogen and oxygen atoms in total. The van der Waals surface area contributed by atoms with Gasteiger partial charge in [0.2, 0.25) is 0 Å². The number of aryl methyl sites for hydroxylation is 1. The van der Waals surface area contributed by atoms with Gasteiger partial charge in [-0.05, 0) is 37.1 Å². The predicted octanol–water partition coefficient (Wildman–Crippen LogP) is 2.17. The molecule has 3 heteroatoms. The molecule has 2 radical (unpaired) electrons. The fraction of sp³-hybridized carbons (Fsp3) is 0.222. The van der Waals surface area contributed by atoms with E-state index in [0.29, 0.717) is 11.1 Å². The first kappa shape index (κ1) is 9.00. The van der Waals surface area contributed by atoms with Gasteiger partial charge in [0.1, 0.15) is 5.82 Å². The Kier molecular flexibility index (Phi) is 2.65. The minimum Gasteiger partial charge on any atom is -0.279 e. The minimum atomic E-state index is -0.372. The minimum absolute atomic E-state index is 0.251. The van der Waals surface area contributed by atoms with Crippen molar-refractivity contribution in [2.24, 2.45) is 0 Å². The third-order valence-electron chi connectivity index (χ3n) is 1.57. The number of anilines is 1. The van der Waals surface area contributed by atoms with Crippen LogP contribution in [0.5, 0.6) is 0 Å². The molecule has 1 rings (SSSR count). The molecule has 0 aromatic heterocycles. The van der Waals surface area contributed by atoms with Crippen LogP contribution >= 0.6 is 0 Å². The number of halogens is 1. The smallest absolute Gasteiger partial charge is 0.148 e. The van der Waals surface area contributed by atoms with Crippen molar-refractivity contribution < 1.29 is 9.23 Å². The molecule has 0 saturated carbocycles. The molecular formula is C9H10FNO. The first-order valence-electron chi connectivity index (χ1n) is 3.49. The summed E-state index contributed by atoms with van der Waals surface area (Å²) in [6.45, 7) is 7.30. The number of benzene rings is 1. The largest absolute Gasteiger partial charge is 0.279 e. The second-order valence-corrected chi connectivity index (χ2v) is 2.49. The summed E-state index contributed by atoms with van der Waals surface area (Å²) in [6.07, 6.45) is 0. The first-order chi connectivity index (χ1) is 5.65. The van der Waals surface area contributed by atoms with Gasteiger partial charge in [-0.25, -0.2) is 4.39 Å². The molecule has 64 valence electrons. The summed E-state index contributed by atoms with van der Waals surface area (Å²) in [7, 11) is 1.41. The third-order valence-corrected chi connectivity index (χ3v) is 1.57.